The van der Waals surface area contributed by atoms with Crippen molar-refractivity contribution >= 4 is 44.6 Å². The molecule has 0 saturated heterocycles. The summed E-state index contributed by atoms with van der Waals surface area (Å²) in [6.07, 6.45) is 0. The van der Waals surface area contributed by atoms with Crippen LogP contribution in [0.1, 0.15) is 21.5 Å². The molecule has 166 valence electrons. The topological polar surface area (TPSA) is 96.5 Å². The molecule has 0 aliphatic rings. The first-order valence-corrected chi connectivity index (χ1v) is 11.5. The van der Waals surface area contributed by atoms with E-state index in [0.29, 0.717) is 22.7 Å². The zero-order chi connectivity index (χ0) is 23.3. The molecule has 0 saturated carbocycles. The number of aryl methyl sites for hydroxylation is 2. The van der Waals surface area contributed by atoms with Crippen LogP contribution in [0.3, 0.4) is 0 Å². The summed E-state index contributed by atoms with van der Waals surface area (Å²) in [5.74, 6) is 0.00960. The number of carbonyl (C=O) groups excluding carboxylic acids is 1. The van der Waals surface area contributed by atoms with Crippen molar-refractivity contribution in [2.24, 2.45) is 0 Å². The summed E-state index contributed by atoms with van der Waals surface area (Å²) >= 11 is 5.19. The van der Waals surface area contributed by atoms with Crippen molar-refractivity contribution in [3.63, 3.8) is 0 Å². The minimum Gasteiger partial charge on any atom is -0.496 e. The molecular formula is C23H23N3O4S2. The predicted molar refractivity (Wildman–Crippen MR) is 130 cm³/mol. The summed E-state index contributed by atoms with van der Waals surface area (Å²) < 4.78 is 33.1. The van der Waals surface area contributed by atoms with E-state index in [1.165, 1.54) is 19.2 Å². The maximum Gasteiger partial charge on any atom is 0.261 e. The van der Waals surface area contributed by atoms with Crippen molar-refractivity contribution in [3.8, 4) is 5.75 Å². The first-order chi connectivity index (χ1) is 15.2. The minimum absolute atomic E-state index is 0.0739. The summed E-state index contributed by atoms with van der Waals surface area (Å²) in [5, 5.41) is 5.52. The van der Waals surface area contributed by atoms with Crippen LogP contribution in [0.5, 0.6) is 5.75 Å². The van der Waals surface area contributed by atoms with Crippen LogP contribution in [0.4, 0.5) is 11.4 Å². The Balaban J connectivity index is 1.65. The molecule has 7 nitrogen and oxygen atoms in total. The third kappa shape index (κ3) is 5.63. The molecule has 0 heterocycles. The molecule has 3 N–H and O–H groups in total. The SMILES string of the molecule is COc1ccccc1C(=O)NC(=S)Nc1ccc(S(=O)(=O)Nc2ccc(C)c(C)c2)cc1. The van der Waals surface area contributed by atoms with Gasteiger partial charge in [-0.1, -0.05) is 18.2 Å². The monoisotopic (exact) mass is 469 g/mol. The maximum atomic E-state index is 12.7. The molecule has 3 aromatic rings. The van der Waals surface area contributed by atoms with Crippen molar-refractivity contribution in [2.75, 3.05) is 17.1 Å². The lowest BCUT2D eigenvalue weighted by atomic mass is 10.1. The van der Waals surface area contributed by atoms with Gasteiger partial charge in [-0.25, -0.2) is 8.42 Å². The Bertz CT molecular complexity index is 1260. The van der Waals surface area contributed by atoms with Gasteiger partial charge in [0.2, 0.25) is 0 Å². The van der Waals surface area contributed by atoms with Gasteiger partial charge < -0.3 is 10.1 Å². The average molecular weight is 470 g/mol. The lowest BCUT2D eigenvalue weighted by Crippen LogP contribution is -2.34. The molecule has 3 aromatic carbocycles. The van der Waals surface area contributed by atoms with E-state index in [9.17, 15) is 13.2 Å². The number of amides is 1. The van der Waals surface area contributed by atoms with Crippen molar-refractivity contribution in [1.82, 2.24) is 5.32 Å². The van der Waals surface area contributed by atoms with Crippen LogP contribution >= 0.6 is 12.2 Å². The fourth-order valence-corrected chi connectivity index (χ4v) is 4.16. The van der Waals surface area contributed by atoms with E-state index in [2.05, 4.69) is 15.4 Å². The Labute approximate surface area is 192 Å². The second kappa shape index (κ2) is 9.80. The minimum atomic E-state index is -3.75. The van der Waals surface area contributed by atoms with Gasteiger partial charge in [0.25, 0.3) is 15.9 Å². The van der Waals surface area contributed by atoms with Gasteiger partial charge in [-0.15, -0.1) is 0 Å². The molecule has 0 bridgehead atoms. The van der Waals surface area contributed by atoms with E-state index >= 15 is 0 Å². The van der Waals surface area contributed by atoms with Gasteiger partial charge in [0.15, 0.2) is 5.11 Å². The number of carbonyl (C=O) groups is 1. The highest BCUT2D eigenvalue weighted by Crippen LogP contribution is 2.21. The molecular weight excluding hydrogens is 446 g/mol. The van der Waals surface area contributed by atoms with Gasteiger partial charge in [-0.05, 0) is 85.7 Å². The summed E-state index contributed by atoms with van der Waals surface area (Å²) in [5.41, 5.74) is 3.44. The van der Waals surface area contributed by atoms with E-state index < -0.39 is 15.9 Å². The Hall–Kier alpha value is -3.43. The molecule has 9 heteroatoms. The Kier molecular flexibility index (Phi) is 7.12. The fourth-order valence-electron chi connectivity index (χ4n) is 2.90. The summed E-state index contributed by atoms with van der Waals surface area (Å²) in [6, 6.07) is 18.2. The molecule has 0 fully saturated rings. The van der Waals surface area contributed by atoms with Crippen LogP contribution in [0.25, 0.3) is 0 Å². The first kappa shape index (κ1) is 23.2. The number of thiocarbonyl (C=S) groups is 1. The van der Waals surface area contributed by atoms with Gasteiger partial charge in [0.1, 0.15) is 5.75 Å². The average Bonchev–Trinajstić information content (AvgIpc) is 2.76. The van der Waals surface area contributed by atoms with Gasteiger partial charge >= 0.3 is 0 Å². The highest BCUT2D eigenvalue weighted by molar-refractivity contribution is 7.92. The quantitative estimate of drug-likeness (QED) is 0.468. The summed E-state index contributed by atoms with van der Waals surface area (Å²) in [6.45, 7) is 3.88. The molecule has 0 spiro atoms. The number of hydrogen-bond acceptors (Lipinski definition) is 5. The number of anilines is 2. The van der Waals surface area contributed by atoms with Crippen LogP contribution < -0.4 is 20.1 Å². The number of nitrogens with one attached hydrogen (secondary N) is 3. The van der Waals surface area contributed by atoms with Crippen molar-refractivity contribution < 1.29 is 17.9 Å². The van der Waals surface area contributed by atoms with Crippen LogP contribution in [0, 0.1) is 13.8 Å². The van der Waals surface area contributed by atoms with Crippen LogP contribution in [-0.4, -0.2) is 26.5 Å². The molecule has 0 aromatic heterocycles. The smallest absolute Gasteiger partial charge is 0.261 e. The normalized spacial score (nSPS) is 10.8. The zero-order valence-corrected chi connectivity index (χ0v) is 19.4. The van der Waals surface area contributed by atoms with Crippen molar-refractivity contribution in [3.05, 3.63) is 83.4 Å². The number of ether oxygens (including phenoxy) is 1. The number of hydrogen-bond donors (Lipinski definition) is 3. The second-order valence-corrected chi connectivity index (χ2v) is 9.13. The van der Waals surface area contributed by atoms with Gasteiger partial charge in [-0.3, -0.25) is 14.8 Å². The largest absolute Gasteiger partial charge is 0.496 e. The number of para-hydroxylation sites is 1. The highest BCUT2D eigenvalue weighted by Gasteiger charge is 2.16. The molecule has 0 radical (unpaired) electrons. The third-order valence-corrected chi connectivity index (χ3v) is 6.36. The summed E-state index contributed by atoms with van der Waals surface area (Å²) in [7, 11) is -2.27. The predicted octanol–water partition coefficient (Wildman–Crippen LogP) is 4.24. The Morgan fingerprint density at radius 3 is 2.22 bits per heavy atom. The van der Waals surface area contributed by atoms with E-state index in [1.807, 2.05) is 19.9 Å². The van der Waals surface area contributed by atoms with Crippen LogP contribution in [0.15, 0.2) is 71.6 Å². The number of rotatable bonds is 6. The maximum absolute atomic E-state index is 12.7. The molecule has 0 unspecified atom stereocenters. The van der Waals surface area contributed by atoms with E-state index in [1.54, 1.807) is 48.5 Å². The number of sulfonamides is 1. The van der Waals surface area contributed by atoms with Gasteiger partial charge in [0, 0.05) is 11.4 Å². The van der Waals surface area contributed by atoms with E-state index in [-0.39, 0.29) is 10.0 Å². The lowest BCUT2D eigenvalue weighted by Gasteiger charge is -2.13. The number of benzene rings is 3. The molecule has 32 heavy (non-hydrogen) atoms. The lowest BCUT2D eigenvalue weighted by molar-refractivity contribution is 0.0974. The molecule has 0 aliphatic carbocycles. The van der Waals surface area contributed by atoms with Crippen molar-refractivity contribution in [2.45, 2.75) is 18.7 Å². The number of methoxy groups -OCH3 is 1. The molecule has 0 aliphatic heterocycles. The molecule has 0 atom stereocenters. The fraction of sp³-hybridized carbons (Fsp3) is 0.130. The zero-order valence-electron chi connectivity index (χ0n) is 17.8. The Morgan fingerprint density at radius 2 is 1.56 bits per heavy atom. The van der Waals surface area contributed by atoms with E-state index in [4.69, 9.17) is 17.0 Å². The van der Waals surface area contributed by atoms with Crippen LogP contribution in [0.2, 0.25) is 0 Å². The first-order valence-electron chi connectivity index (χ1n) is 9.65. The Morgan fingerprint density at radius 1 is 0.906 bits per heavy atom. The molecule has 1 amide bonds. The molecule has 3 rings (SSSR count). The summed E-state index contributed by atoms with van der Waals surface area (Å²) in [4.78, 5) is 12.5. The van der Waals surface area contributed by atoms with Crippen LogP contribution in [-0.2, 0) is 10.0 Å². The van der Waals surface area contributed by atoms with Crippen molar-refractivity contribution in [1.29, 1.82) is 0 Å². The second-order valence-electron chi connectivity index (χ2n) is 7.04. The highest BCUT2D eigenvalue weighted by atomic mass is 32.2. The van der Waals surface area contributed by atoms with Gasteiger partial charge in [0.05, 0.1) is 17.6 Å². The standard InChI is InChI=1S/C23H23N3O4S2/c1-15-8-9-18(14-16(15)2)26-32(28,29)19-12-10-17(11-13-19)24-23(31)25-22(27)20-6-4-5-7-21(20)30-3/h4-14,26H,1-3H3,(H2,24,25,27,31). The third-order valence-electron chi connectivity index (χ3n) is 4.76. The van der Waals surface area contributed by atoms with E-state index in [0.717, 1.165) is 11.1 Å². The van der Waals surface area contributed by atoms with Gasteiger partial charge in [-0.2, -0.15) is 0 Å².